The zero-order chi connectivity index (χ0) is 16.8. The summed E-state index contributed by atoms with van der Waals surface area (Å²) in [5.74, 6) is 0.862. The first kappa shape index (κ1) is 16.6. The minimum atomic E-state index is 0.0387. The lowest BCUT2D eigenvalue weighted by molar-refractivity contribution is 0.194. The third kappa shape index (κ3) is 4.20. The van der Waals surface area contributed by atoms with Gasteiger partial charge in [-0.1, -0.05) is 12.1 Å². The molecule has 128 valence electrons. The fourth-order valence-corrected chi connectivity index (χ4v) is 3.54. The molecule has 24 heavy (non-hydrogen) atoms. The Morgan fingerprint density at radius 2 is 2.04 bits per heavy atom. The maximum atomic E-state index is 12.2. The van der Waals surface area contributed by atoms with Gasteiger partial charge in [-0.15, -0.1) is 11.3 Å². The van der Waals surface area contributed by atoms with E-state index in [1.54, 1.807) is 18.4 Å². The number of amides is 2. The molecule has 3 rings (SSSR count). The Morgan fingerprint density at radius 3 is 2.75 bits per heavy atom. The highest BCUT2D eigenvalue weighted by Gasteiger charge is 2.21. The van der Waals surface area contributed by atoms with Crippen molar-refractivity contribution in [3.05, 3.63) is 46.7 Å². The third-order valence-corrected chi connectivity index (χ3v) is 5.15. The van der Waals surface area contributed by atoms with Crippen LogP contribution in [0.15, 0.2) is 41.8 Å². The first-order valence-electron chi connectivity index (χ1n) is 8.20. The molecule has 2 aromatic rings. The number of nitrogens with one attached hydrogen (secondary N) is 1. The number of urea groups is 1. The molecule has 0 spiro atoms. The molecule has 1 aromatic carbocycles. The van der Waals surface area contributed by atoms with Crippen molar-refractivity contribution in [2.45, 2.75) is 6.42 Å². The first-order chi connectivity index (χ1) is 11.8. The van der Waals surface area contributed by atoms with Crippen molar-refractivity contribution in [2.75, 3.05) is 44.7 Å². The Balaban J connectivity index is 1.44. The molecule has 0 radical (unpaired) electrons. The van der Waals surface area contributed by atoms with Crippen molar-refractivity contribution in [1.29, 1.82) is 0 Å². The molecular weight excluding hydrogens is 322 g/mol. The second-order valence-corrected chi connectivity index (χ2v) is 6.77. The van der Waals surface area contributed by atoms with Crippen molar-refractivity contribution >= 4 is 23.1 Å². The molecule has 0 aliphatic carbocycles. The topological polar surface area (TPSA) is 44.8 Å². The standard InChI is InChI=1S/C18H23N3O2S/c1-23-16-5-2-4-15(14-16)20-9-11-21(12-10-20)18(22)19-8-7-17-6-3-13-24-17/h2-6,13-14H,7-12H2,1H3,(H,19,22). The Bertz CT molecular complexity index is 652. The van der Waals surface area contributed by atoms with E-state index in [2.05, 4.69) is 27.7 Å². The number of hydrogen-bond donors (Lipinski definition) is 1. The summed E-state index contributed by atoms with van der Waals surface area (Å²) in [6, 6.07) is 12.2. The van der Waals surface area contributed by atoms with Gasteiger partial charge in [-0.25, -0.2) is 4.79 Å². The lowest BCUT2D eigenvalue weighted by atomic mass is 10.2. The number of benzene rings is 1. The van der Waals surface area contributed by atoms with Crippen LogP contribution in [0, 0.1) is 0 Å². The van der Waals surface area contributed by atoms with E-state index in [1.807, 2.05) is 29.2 Å². The molecule has 1 aliphatic heterocycles. The molecule has 0 atom stereocenters. The number of ether oxygens (including phenoxy) is 1. The van der Waals surface area contributed by atoms with E-state index in [9.17, 15) is 4.79 Å². The van der Waals surface area contributed by atoms with Crippen LogP contribution in [0.3, 0.4) is 0 Å². The van der Waals surface area contributed by atoms with Gasteiger partial charge in [-0.3, -0.25) is 0 Å². The maximum Gasteiger partial charge on any atom is 0.317 e. The number of nitrogens with zero attached hydrogens (tertiary/aromatic N) is 2. The van der Waals surface area contributed by atoms with Crippen LogP contribution in [-0.2, 0) is 6.42 Å². The van der Waals surface area contributed by atoms with Crippen LogP contribution in [0.25, 0.3) is 0 Å². The van der Waals surface area contributed by atoms with Crippen LogP contribution in [0.2, 0.25) is 0 Å². The summed E-state index contributed by atoms with van der Waals surface area (Å²) in [5.41, 5.74) is 1.15. The van der Waals surface area contributed by atoms with Gasteiger partial charge in [0.2, 0.25) is 0 Å². The van der Waals surface area contributed by atoms with Gasteiger partial charge in [0, 0.05) is 49.4 Å². The number of rotatable bonds is 5. The highest BCUT2D eigenvalue weighted by molar-refractivity contribution is 7.09. The zero-order valence-corrected chi connectivity index (χ0v) is 14.7. The molecular formula is C18H23N3O2S. The van der Waals surface area contributed by atoms with E-state index in [0.29, 0.717) is 6.54 Å². The number of piperazine rings is 1. The molecule has 1 saturated heterocycles. The zero-order valence-electron chi connectivity index (χ0n) is 13.9. The Kier molecular flexibility index (Phi) is 5.59. The summed E-state index contributed by atoms with van der Waals surface area (Å²) in [6.07, 6.45) is 0.896. The summed E-state index contributed by atoms with van der Waals surface area (Å²) in [5, 5.41) is 5.08. The van der Waals surface area contributed by atoms with Gasteiger partial charge in [-0.05, 0) is 30.0 Å². The second kappa shape index (κ2) is 8.06. The largest absolute Gasteiger partial charge is 0.497 e. The summed E-state index contributed by atoms with van der Waals surface area (Å²) in [6.45, 7) is 3.84. The van der Waals surface area contributed by atoms with Crippen LogP contribution in [0.1, 0.15) is 4.88 Å². The van der Waals surface area contributed by atoms with Crippen molar-refractivity contribution in [1.82, 2.24) is 10.2 Å². The van der Waals surface area contributed by atoms with E-state index in [1.165, 1.54) is 4.88 Å². The Morgan fingerprint density at radius 1 is 1.21 bits per heavy atom. The van der Waals surface area contributed by atoms with Crippen molar-refractivity contribution in [2.24, 2.45) is 0 Å². The van der Waals surface area contributed by atoms with E-state index < -0.39 is 0 Å². The van der Waals surface area contributed by atoms with Crippen LogP contribution < -0.4 is 15.0 Å². The number of carbonyl (C=O) groups excluding carboxylic acids is 1. The maximum absolute atomic E-state index is 12.2. The monoisotopic (exact) mass is 345 g/mol. The summed E-state index contributed by atoms with van der Waals surface area (Å²) < 4.78 is 5.28. The molecule has 6 heteroatoms. The molecule has 0 bridgehead atoms. The molecule has 2 heterocycles. The highest BCUT2D eigenvalue weighted by atomic mass is 32.1. The molecule has 0 unspecified atom stereocenters. The van der Waals surface area contributed by atoms with Crippen LogP contribution in [0.5, 0.6) is 5.75 Å². The molecule has 2 amide bonds. The molecule has 0 saturated carbocycles. The summed E-state index contributed by atoms with van der Waals surface area (Å²) in [4.78, 5) is 17.7. The Labute approximate surface area is 146 Å². The van der Waals surface area contributed by atoms with Gasteiger partial charge in [-0.2, -0.15) is 0 Å². The van der Waals surface area contributed by atoms with E-state index >= 15 is 0 Å². The van der Waals surface area contributed by atoms with E-state index in [0.717, 1.165) is 44.0 Å². The number of thiophene rings is 1. The van der Waals surface area contributed by atoms with Crippen LogP contribution in [0.4, 0.5) is 10.5 Å². The molecule has 1 fully saturated rings. The third-order valence-electron chi connectivity index (χ3n) is 4.21. The van der Waals surface area contributed by atoms with Gasteiger partial charge >= 0.3 is 6.03 Å². The first-order valence-corrected chi connectivity index (χ1v) is 9.08. The van der Waals surface area contributed by atoms with Gasteiger partial charge in [0.25, 0.3) is 0 Å². The molecule has 1 aliphatic rings. The minimum absolute atomic E-state index is 0.0387. The number of anilines is 1. The van der Waals surface area contributed by atoms with E-state index in [4.69, 9.17) is 4.74 Å². The van der Waals surface area contributed by atoms with Gasteiger partial charge in [0.1, 0.15) is 5.75 Å². The van der Waals surface area contributed by atoms with Gasteiger partial charge in [0.05, 0.1) is 7.11 Å². The van der Waals surface area contributed by atoms with E-state index in [-0.39, 0.29) is 6.03 Å². The van der Waals surface area contributed by atoms with Crippen molar-refractivity contribution in [3.8, 4) is 5.75 Å². The second-order valence-electron chi connectivity index (χ2n) is 5.74. The summed E-state index contributed by atoms with van der Waals surface area (Å²) in [7, 11) is 1.68. The molecule has 1 aromatic heterocycles. The fraction of sp³-hybridized carbons (Fsp3) is 0.389. The normalized spacial score (nSPS) is 14.5. The molecule has 1 N–H and O–H groups in total. The van der Waals surface area contributed by atoms with Crippen molar-refractivity contribution in [3.63, 3.8) is 0 Å². The lowest BCUT2D eigenvalue weighted by Gasteiger charge is -2.36. The SMILES string of the molecule is COc1cccc(N2CCN(C(=O)NCCc3cccs3)CC2)c1. The van der Waals surface area contributed by atoms with Crippen LogP contribution >= 0.6 is 11.3 Å². The summed E-state index contributed by atoms with van der Waals surface area (Å²) >= 11 is 1.73. The van der Waals surface area contributed by atoms with Gasteiger partial charge < -0.3 is 19.9 Å². The predicted molar refractivity (Wildman–Crippen MR) is 98.2 cm³/mol. The number of carbonyl (C=O) groups is 1. The van der Waals surface area contributed by atoms with Gasteiger partial charge in [0.15, 0.2) is 0 Å². The smallest absolute Gasteiger partial charge is 0.317 e. The lowest BCUT2D eigenvalue weighted by Crippen LogP contribution is -2.52. The fourth-order valence-electron chi connectivity index (χ4n) is 2.83. The van der Waals surface area contributed by atoms with Crippen molar-refractivity contribution < 1.29 is 9.53 Å². The highest BCUT2D eigenvalue weighted by Crippen LogP contribution is 2.22. The average Bonchev–Trinajstić information content (AvgIpc) is 3.15. The average molecular weight is 345 g/mol. The minimum Gasteiger partial charge on any atom is -0.497 e. The quantitative estimate of drug-likeness (QED) is 0.906. The number of methoxy groups -OCH3 is 1. The molecule has 5 nitrogen and oxygen atoms in total. The predicted octanol–water partition coefficient (Wildman–Crippen LogP) is 2.83. The number of hydrogen-bond acceptors (Lipinski definition) is 4. The van der Waals surface area contributed by atoms with Crippen LogP contribution in [-0.4, -0.2) is 50.8 Å². The Hall–Kier alpha value is -2.21.